The zero-order valence-corrected chi connectivity index (χ0v) is 14.5. The Morgan fingerprint density at radius 1 is 1.38 bits per heavy atom. The first-order chi connectivity index (χ1) is 11.7. The molecule has 7 nitrogen and oxygen atoms in total. The van der Waals surface area contributed by atoms with Crippen molar-refractivity contribution in [3.05, 3.63) is 18.3 Å². The zero-order chi connectivity index (χ0) is 16.8. The number of ether oxygens (including phenoxy) is 1. The Morgan fingerprint density at radius 2 is 2.21 bits per heavy atom. The highest BCUT2D eigenvalue weighted by atomic mass is 16.5. The maximum absolute atomic E-state index is 10.4. The van der Waals surface area contributed by atoms with Crippen molar-refractivity contribution < 1.29 is 9.84 Å². The van der Waals surface area contributed by atoms with Gasteiger partial charge in [0.15, 0.2) is 5.82 Å². The number of anilines is 1. The van der Waals surface area contributed by atoms with Crippen LogP contribution in [0.4, 0.5) is 5.82 Å². The van der Waals surface area contributed by atoms with Crippen molar-refractivity contribution >= 4 is 5.82 Å². The molecule has 0 aromatic carbocycles. The normalized spacial score (nSPS) is 24.3. The molecule has 7 heteroatoms. The van der Waals surface area contributed by atoms with Gasteiger partial charge >= 0.3 is 0 Å². The monoisotopic (exact) mass is 335 g/mol. The topological polar surface area (TPSA) is 65.0 Å². The molecule has 134 valence electrons. The van der Waals surface area contributed by atoms with Crippen LogP contribution in [0.5, 0.6) is 0 Å². The van der Waals surface area contributed by atoms with Crippen LogP contribution in [0, 0.1) is 0 Å². The average Bonchev–Trinajstić information content (AvgIpc) is 2.63. The van der Waals surface area contributed by atoms with Gasteiger partial charge in [0.05, 0.1) is 19.3 Å². The number of nitrogens with zero attached hydrogens (tertiary/aromatic N) is 5. The zero-order valence-electron chi connectivity index (χ0n) is 14.5. The summed E-state index contributed by atoms with van der Waals surface area (Å²) in [5.41, 5.74) is 0. The lowest BCUT2D eigenvalue weighted by molar-refractivity contribution is 0.00529. The third-order valence-electron chi connectivity index (χ3n) is 4.97. The second-order valence-corrected chi connectivity index (χ2v) is 6.83. The first-order valence-corrected chi connectivity index (χ1v) is 8.93. The van der Waals surface area contributed by atoms with Crippen molar-refractivity contribution in [3.8, 4) is 0 Å². The van der Waals surface area contributed by atoms with Gasteiger partial charge < -0.3 is 14.7 Å². The van der Waals surface area contributed by atoms with Crippen molar-refractivity contribution in [2.24, 2.45) is 0 Å². The Bertz CT molecular complexity index is 483. The van der Waals surface area contributed by atoms with E-state index >= 15 is 0 Å². The number of hydrogen-bond acceptors (Lipinski definition) is 7. The van der Waals surface area contributed by atoms with Gasteiger partial charge in [-0.1, -0.05) is 0 Å². The molecule has 0 amide bonds. The number of aliphatic hydroxyl groups is 1. The Balaban J connectivity index is 1.47. The smallest absolute Gasteiger partial charge is 0.151 e. The fourth-order valence-electron chi connectivity index (χ4n) is 3.61. The Kier molecular flexibility index (Phi) is 6.37. The Morgan fingerprint density at radius 3 is 2.96 bits per heavy atom. The summed E-state index contributed by atoms with van der Waals surface area (Å²) in [7, 11) is 2.12. The first kappa shape index (κ1) is 17.5. The molecular weight excluding hydrogens is 306 g/mol. The van der Waals surface area contributed by atoms with E-state index in [4.69, 9.17) is 4.74 Å². The fraction of sp³-hybridized carbons (Fsp3) is 0.765. The molecule has 0 saturated carbocycles. The fourth-order valence-corrected chi connectivity index (χ4v) is 3.61. The third kappa shape index (κ3) is 4.86. The van der Waals surface area contributed by atoms with Gasteiger partial charge in [-0.2, -0.15) is 5.10 Å². The Hall–Kier alpha value is -1.28. The number of hydrogen-bond donors (Lipinski definition) is 1. The highest BCUT2D eigenvalue weighted by Gasteiger charge is 2.26. The number of β-amino-alcohol motifs (C(OH)–C–C–N with tert-alkyl or cyclic N) is 1. The van der Waals surface area contributed by atoms with E-state index in [2.05, 4.69) is 31.9 Å². The van der Waals surface area contributed by atoms with Gasteiger partial charge in [-0.05, 0) is 32.0 Å². The van der Waals surface area contributed by atoms with Crippen LogP contribution in [0.1, 0.15) is 12.8 Å². The number of aliphatic hydroxyl groups excluding tert-OH is 1. The molecule has 0 radical (unpaired) electrons. The number of likely N-dealkylation sites (N-methyl/N-ethyl adjacent to an activating group) is 1. The van der Waals surface area contributed by atoms with E-state index in [1.54, 1.807) is 6.20 Å². The van der Waals surface area contributed by atoms with Crippen LogP contribution >= 0.6 is 0 Å². The van der Waals surface area contributed by atoms with Gasteiger partial charge in [0.1, 0.15) is 0 Å². The molecule has 2 saturated heterocycles. The number of aromatic nitrogens is 2. The van der Waals surface area contributed by atoms with Crippen LogP contribution in [-0.2, 0) is 4.74 Å². The molecule has 24 heavy (non-hydrogen) atoms. The maximum Gasteiger partial charge on any atom is 0.151 e. The van der Waals surface area contributed by atoms with E-state index < -0.39 is 0 Å². The lowest BCUT2D eigenvalue weighted by atomic mass is 10.0. The predicted molar refractivity (Wildman–Crippen MR) is 93.2 cm³/mol. The minimum Gasteiger partial charge on any atom is -0.390 e. The summed E-state index contributed by atoms with van der Waals surface area (Å²) < 4.78 is 5.36. The number of morpholine rings is 1. The molecule has 1 aromatic rings. The van der Waals surface area contributed by atoms with Crippen LogP contribution in [0.15, 0.2) is 18.3 Å². The number of rotatable bonds is 6. The Labute approximate surface area is 144 Å². The summed E-state index contributed by atoms with van der Waals surface area (Å²) in [6.45, 7) is 6.80. The molecule has 0 bridgehead atoms. The molecule has 2 aliphatic heterocycles. The molecule has 3 heterocycles. The van der Waals surface area contributed by atoms with E-state index in [1.807, 2.05) is 12.1 Å². The molecular formula is C17H29N5O2. The molecule has 0 spiro atoms. The summed E-state index contributed by atoms with van der Waals surface area (Å²) >= 11 is 0. The summed E-state index contributed by atoms with van der Waals surface area (Å²) in [5.74, 6) is 0.949. The van der Waals surface area contributed by atoms with Gasteiger partial charge in [-0.3, -0.25) is 9.80 Å². The van der Waals surface area contributed by atoms with Gasteiger partial charge in [0.2, 0.25) is 0 Å². The molecule has 2 atom stereocenters. The van der Waals surface area contributed by atoms with Crippen molar-refractivity contribution in [2.45, 2.75) is 25.0 Å². The highest BCUT2D eigenvalue weighted by Crippen LogP contribution is 2.19. The summed E-state index contributed by atoms with van der Waals surface area (Å²) in [6, 6.07) is 4.39. The van der Waals surface area contributed by atoms with E-state index in [0.29, 0.717) is 12.6 Å². The molecule has 2 fully saturated rings. The SMILES string of the molecule is CN(C[C@H](O)CN1CCOCC1)[C@@H]1CCCN(c2cccnn2)C1. The standard InChI is InChI=1S/C17H29N5O2/c1-20(13-16(23)14-21-8-10-24-11-9-21)15-4-3-7-22(12-15)17-5-2-6-18-19-17/h2,5-6,15-16,23H,3-4,7-14H2,1H3/t15-,16+/m1/s1. The minimum absolute atomic E-state index is 0.319. The maximum atomic E-state index is 10.4. The van der Waals surface area contributed by atoms with Crippen molar-refractivity contribution in [1.29, 1.82) is 0 Å². The van der Waals surface area contributed by atoms with E-state index in [9.17, 15) is 5.11 Å². The average molecular weight is 335 g/mol. The second kappa shape index (κ2) is 8.71. The van der Waals surface area contributed by atoms with Gasteiger partial charge in [-0.15, -0.1) is 5.10 Å². The van der Waals surface area contributed by atoms with E-state index in [-0.39, 0.29) is 6.10 Å². The predicted octanol–water partition coefficient (Wildman–Crippen LogP) is 0.0703. The second-order valence-electron chi connectivity index (χ2n) is 6.83. The van der Waals surface area contributed by atoms with E-state index in [1.165, 1.54) is 0 Å². The van der Waals surface area contributed by atoms with Crippen LogP contribution in [0.2, 0.25) is 0 Å². The quantitative estimate of drug-likeness (QED) is 0.789. The van der Waals surface area contributed by atoms with E-state index in [0.717, 1.165) is 64.6 Å². The largest absolute Gasteiger partial charge is 0.390 e. The summed E-state index contributed by atoms with van der Waals surface area (Å²) in [6.07, 6.45) is 3.70. The molecule has 0 aliphatic carbocycles. The van der Waals surface area contributed by atoms with Crippen LogP contribution < -0.4 is 4.90 Å². The molecule has 1 aromatic heterocycles. The lowest BCUT2D eigenvalue weighted by Gasteiger charge is -2.39. The first-order valence-electron chi connectivity index (χ1n) is 8.93. The minimum atomic E-state index is -0.319. The third-order valence-corrected chi connectivity index (χ3v) is 4.97. The molecule has 1 N–H and O–H groups in total. The van der Waals surface area contributed by atoms with Gasteiger partial charge in [0.25, 0.3) is 0 Å². The highest BCUT2D eigenvalue weighted by molar-refractivity contribution is 5.37. The van der Waals surface area contributed by atoms with Gasteiger partial charge in [0, 0.05) is 51.5 Å². The molecule has 0 unspecified atom stereocenters. The number of piperidine rings is 1. The molecule has 2 aliphatic rings. The van der Waals surface area contributed by atoms with Crippen molar-refractivity contribution in [1.82, 2.24) is 20.0 Å². The lowest BCUT2D eigenvalue weighted by Crippen LogP contribution is -2.50. The summed E-state index contributed by atoms with van der Waals surface area (Å²) in [4.78, 5) is 6.88. The van der Waals surface area contributed by atoms with Crippen LogP contribution in [-0.4, -0.2) is 96.8 Å². The van der Waals surface area contributed by atoms with Crippen molar-refractivity contribution in [3.63, 3.8) is 0 Å². The summed E-state index contributed by atoms with van der Waals surface area (Å²) in [5, 5.41) is 18.6. The van der Waals surface area contributed by atoms with Crippen molar-refractivity contribution in [2.75, 3.05) is 64.4 Å². The van der Waals surface area contributed by atoms with Gasteiger partial charge in [-0.25, -0.2) is 0 Å². The van der Waals surface area contributed by atoms with Crippen LogP contribution in [0.25, 0.3) is 0 Å². The molecule has 3 rings (SSSR count). The van der Waals surface area contributed by atoms with Crippen LogP contribution in [0.3, 0.4) is 0 Å².